The van der Waals surface area contributed by atoms with Crippen molar-refractivity contribution in [1.82, 2.24) is 10.2 Å². The first-order valence-corrected chi connectivity index (χ1v) is 5.99. The molecule has 1 saturated heterocycles. The van der Waals surface area contributed by atoms with Crippen molar-refractivity contribution in [2.24, 2.45) is 5.73 Å². The summed E-state index contributed by atoms with van der Waals surface area (Å²) >= 11 is 0. The predicted octanol–water partition coefficient (Wildman–Crippen LogP) is 1.31. The minimum absolute atomic E-state index is 0.0813. The maximum atomic E-state index is 11.8. The summed E-state index contributed by atoms with van der Waals surface area (Å²) < 4.78 is 0. The van der Waals surface area contributed by atoms with Gasteiger partial charge in [0.15, 0.2) is 0 Å². The van der Waals surface area contributed by atoms with E-state index in [1.165, 1.54) is 12.8 Å². The average Bonchev–Trinajstić information content (AvgIpc) is 2.45. The lowest BCUT2D eigenvalue weighted by Gasteiger charge is -2.23. The molecule has 0 aromatic heterocycles. The standard InChI is InChI=1S/C11H23N3O/c1-10(6-7-12)13-11(15)14-8-4-2-3-5-9-14/h10H,2-9,12H2,1H3,(H,13,15). The van der Waals surface area contributed by atoms with Gasteiger partial charge in [0.1, 0.15) is 0 Å². The van der Waals surface area contributed by atoms with Gasteiger partial charge in [0, 0.05) is 19.1 Å². The minimum atomic E-state index is 0.0813. The number of carbonyl (C=O) groups is 1. The van der Waals surface area contributed by atoms with Crippen molar-refractivity contribution in [1.29, 1.82) is 0 Å². The molecule has 1 atom stereocenters. The molecule has 3 N–H and O–H groups in total. The fraction of sp³-hybridized carbons (Fsp3) is 0.909. The number of nitrogens with one attached hydrogen (secondary N) is 1. The number of hydrogen-bond donors (Lipinski definition) is 2. The summed E-state index contributed by atoms with van der Waals surface area (Å²) in [7, 11) is 0. The summed E-state index contributed by atoms with van der Waals surface area (Å²) in [5.74, 6) is 0. The highest BCUT2D eigenvalue weighted by atomic mass is 16.2. The van der Waals surface area contributed by atoms with Crippen LogP contribution in [0.2, 0.25) is 0 Å². The molecule has 0 spiro atoms. The van der Waals surface area contributed by atoms with Crippen LogP contribution in [0.15, 0.2) is 0 Å². The first-order valence-electron chi connectivity index (χ1n) is 5.99. The molecule has 1 rings (SSSR count). The first-order chi connectivity index (χ1) is 7.24. The molecule has 1 unspecified atom stereocenters. The molecule has 0 aliphatic carbocycles. The van der Waals surface area contributed by atoms with Gasteiger partial charge in [-0.05, 0) is 32.7 Å². The zero-order valence-corrected chi connectivity index (χ0v) is 9.67. The van der Waals surface area contributed by atoms with Gasteiger partial charge in [-0.15, -0.1) is 0 Å². The van der Waals surface area contributed by atoms with E-state index in [2.05, 4.69) is 5.32 Å². The summed E-state index contributed by atoms with van der Waals surface area (Å²) in [6.07, 6.45) is 5.63. The van der Waals surface area contributed by atoms with Crippen LogP contribution >= 0.6 is 0 Å². The van der Waals surface area contributed by atoms with Crippen molar-refractivity contribution >= 4 is 6.03 Å². The Balaban J connectivity index is 2.30. The minimum Gasteiger partial charge on any atom is -0.335 e. The van der Waals surface area contributed by atoms with Gasteiger partial charge in [0.2, 0.25) is 0 Å². The molecule has 1 fully saturated rings. The summed E-state index contributed by atoms with van der Waals surface area (Å²) in [6.45, 7) is 4.44. The third-order valence-corrected chi connectivity index (χ3v) is 2.86. The lowest BCUT2D eigenvalue weighted by Crippen LogP contribution is -2.44. The van der Waals surface area contributed by atoms with E-state index in [0.717, 1.165) is 32.4 Å². The molecule has 1 heterocycles. The van der Waals surface area contributed by atoms with E-state index >= 15 is 0 Å². The van der Waals surface area contributed by atoms with Gasteiger partial charge >= 0.3 is 6.03 Å². The quantitative estimate of drug-likeness (QED) is 0.742. The van der Waals surface area contributed by atoms with Crippen LogP contribution in [-0.4, -0.2) is 36.6 Å². The topological polar surface area (TPSA) is 58.4 Å². The highest BCUT2D eigenvalue weighted by Gasteiger charge is 2.16. The van der Waals surface area contributed by atoms with Gasteiger partial charge < -0.3 is 16.0 Å². The zero-order valence-electron chi connectivity index (χ0n) is 9.67. The zero-order chi connectivity index (χ0) is 11.1. The van der Waals surface area contributed by atoms with Crippen LogP contribution in [0.25, 0.3) is 0 Å². The Morgan fingerprint density at radius 1 is 1.33 bits per heavy atom. The largest absolute Gasteiger partial charge is 0.335 e. The fourth-order valence-corrected chi connectivity index (χ4v) is 1.90. The van der Waals surface area contributed by atoms with Crippen molar-refractivity contribution in [2.45, 2.75) is 45.1 Å². The molecule has 0 saturated carbocycles. The summed E-state index contributed by atoms with van der Waals surface area (Å²) in [5.41, 5.74) is 5.44. The number of amides is 2. The molecule has 4 heteroatoms. The van der Waals surface area contributed by atoms with Crippen molar-refractivity contribution in [2.75, 3.05) is 19.6 Å². The molecule has 88 valence electrons. The summed E-state index contributed by atoms with van der Waals surface area (Å²) in [6, 6.07) is 0.267. The number of urea groups is 1. The molecule has 0 aromatic rings. The smallest absolute Gasteiger partial charge is 0.317 e. The Morgan fingerprint density at radius 2 is 1.93 bits per heavy atom. The van der Waals surface area contributed by atoms with Gasteiger partial charge in [0.05, 0.1) is 0 Å². The van der Waals surface area contributed by atoms with Crippen molar-refractivity contribution in [3.63, 3.8) is 0 Å². The van der Waals surface area contributed by atoms with Gasteiger partial charge in [-0.2, -0.15) is 0 Å². The third-order valence-electron chi connectivity index (χ3n) is 2.86. The lowest BCUT2D eigenvalue weighted by molar-refractivity contribution is 0.196. The fourth-order valence-electron chi connectivity index (χ4n) is 1.90. The molecular formula is C11H23N3O. The van der Waals surface area contributed by atoms with E-state index in [-0.39, 0.29) is 12.1 Å². The average molecular weight is 213 g/mol. The number of nitrogens with two attached hydrogens (primary N) is 1. The molecule has 15 heavy (non-hydrogen) atoms. The highest BCUT2D eigenvalue weighted by Crippen LogP contribution is 2.09. The summed E-state index contributed by atoms with van der Waals surface area (Å²) in [4.78, 5) is 13.7. The monoisotopic (exact) mass is 213 g/mol. The maximum Gasteiger partial charge on any atom is 0.317 e. The van der Waals surface area contributed by atoms with Crippen LogP contribution in [0.4, 0.5) is 4.79 Å². The van der Waals surface area contributed by atoms with E-state index in [1.807, 2.05) is 11.8 Å². The van der Waals surface area contributed by atoms with E-state index in [0.29, 0.717) is 6.54 Å². The van der Waals surface area contributed by atoms with Gasteiger partial charge in [-0.3, -0.25) is 0 Å². The van der Waals surface area contributed by atoms with E-state index in [9.17, 15) is 4.79 Å². The molecule has 0 aromatic carbocycles. The summed E-state index contributed by atoms with van der Waals surface area (Å²) in [5, 5.41) is 2.99. The lowest BCUT2D eigenvalue weighted by atomic mass is 10.2. The number of likely N-dealkylation sites (tertiary alicyclic amines) is 1. The second kappa shape index (κ2) is 6.67. The number of rotatable bonds is 3. The molecular weight excluding hydrogens is 190 g/mol. The van der Waals surface area contributed by atoms with Crippen LogP contribution in [0.5, 0.6) is 0 Å². The first kappa shape index (κ1) is 12.3. The van der Waals surface area contributed by atoms with Gasteiger partial charge in [0.25, 0.3) is 0 Å². The van der Waals surface area contributed by atoms with Crippen molar-refractivity contribution in [3.8, 4) is 0 Å². The molecule has 1 aliphatic rings. The second-order valence-electron chi connectivity index (χ2n) is 4.33. The highest BCUT2D eigenvalue weighted by molar-refractivity contribution is 5.74. The Labute approximate surface area is 92.2 Å². The molecule has 2 amide bonds. The Bertz CT molecular complexity index is 188. The van der Waals surface area contributed by atoms with E-state index in [4.69, 9.17) is 5.73 Å². The van der Waals surface area contributed by atoms with Crippen LogP contribution in [0.1, 0.15) is 39.0 Å². The van der Waals surface area contributed by atoms with E-state index in [1.54, 1.807) is 0 Å². The normalized spacial score (nSPS) is 19.5. The van der Waals surface area contributed by atoms with Crippen LogP contribution in [-0.2, 0) is 0 Å². The van der Waals surface area contributed by atoms with Crippen LogP contribution in [0, 0.1) is 0 Å². The Morgan fingerprint density at radius 3 is 2.47 bits per heavy atom. The number of nitrogens with zero attached hydrogens (tertiary/aromatic N) is 1. The van der Waals surface area contributed by atoms with E-state index < -0.39 is 0 Å². The second-order valence-corrected chi connectivity index (χ2v) is 4.33. The van der Waals surface area contributed by atoms with Crippen molar-refractivity contribution in [3.05, 3.63) is 0 Å². The third kappa shape index (κ3) is 4.51. The SMILES string of the molecule is CC(CCN)NC(=O)N1CCCCCC1. The van der Waals surface area contributed by atoms with Gasteiger partial charge in [-0.1, -0.05) is 12.8 Å². The number of hydrogen-bond acceptors (Lipinski definition) is 2. The van der Waals surface area contributed by atoms with Crippen molar-refractivity contribution < 1.29 is 4.79 Å². The van der Waals surface area contributed by atoms with Crippen LogP contribution in [0.3, 0.4) is 0 Å². The Hall–Kier alpha value is -0.770. The van der Waals surface area contributed by atoms with Gasteiger partial charge in [-0.25, -0.2) is 4.79 Å². The van der Waals surface area contributed by atoms with Crippen LogP contribution < -0.4 is 11.1 Å². The molecule has 1 aliphatic heterocycles. The maximum absolute atomic E-state index is 11.8. The molecule has 4 nitrogen and oxygen atoms in total. The number of carbonyl (C=O) groups excluding carboxylic acids is 1. The predicted molar refractivity (Wildman–Crippen MR) is 61.7 cm³/mol. The molecule has 0 radical (unpaired) electrons. The molecule has 0 bridgehead atoms. The Kier molecular flexibility index (Phi) is 5.47.